The number of sulfone groups is 1. The highest BCUT2D eigenvalue weighted by atomic mass is 35.5. The molecule has 0 aliphatic heterocycles. The van der Waals surface area contributed by atoms with Crippen molar-refractivity contribution in [3.8, 4) is 11.3 Å². The van der Waals surface area contributed by atoms with Crippen LogP contribution in [-0.4, -0.2) is 41.1 Å². The van der Waals surface area contributed by atoms with E-state index >= 15 is 0 Å². The molecule has 12 heteroatoms. The second-order valence-electron chi connectivity index (χ2n) is 5.39. The lowest BCUT2D eigenvalue weighted by Gasteiger charge is -2.05. The summed E-state index contributed by atoms with van der Waals surface area (Å²) in [7, 11) is -4.08. The number of thiazole rings is 1. The lowest BCUT2D eigenvalue weighted by molar-refractivity contribution is 0.194. The minimum atomic E-state index is -4.08. The van der Waals surface area contributed by atoms with E-state index < -0.39 is 21.9 Å². The van der Waals surface area contributed by atoms with Gasteiger partial charge in [0.05, 0.1) is 15.5 Å². The van der Waals surface area contributed by atoms with Gasteiger partial charge in [0.25, 0.3) is 0 Å². The van der Waals surface area contributed by atoms with Crippen molar-refractivity contribution in [2.45, 2.75) is 15.5 Å². The predicted octanol–water partition coefficient (Wildman–Crippen LogP) is 3.04. The normalized spacial score (nSPS) is 11.4. The molecule has 2 N–H and O–H groups in total. The standard InChI is InChI=1S/C16H12ClFN4O4S2/c17-11-8-9(3-6-19-11)28(25,26)15-13(10-2-1-5-20-14(10)18)22-12(27-15)4-7-21-16(23)24/h1-3,5-6,8,21H,4,7H2,(H,23,24). The molecule has 0 saturated heterocycles. The molecule has 0 aliphatic rings. The van der Waals surface area contributed by atoms with Crippen LogP contribution in [0.5, 0.6) is 0 Å². The molecular weight excluding hydrogens is 431 g/mol. The van der Waals surface area contributed by atoms with Crippen LogP contribution in [-0.2, 0) is 16.3 Å². The molecule has 0 radical (unpaired) electrons. The predicted molar refractivity (Wildman–Crippen MR) is 99.7 cm³/mol. The molecule has 3 rings (SSSR count). The first-order valence-corrected chi connectivity index (χ1v) is 10.4. The van der Waals surface area contributed by atoms with Crippen molar-refractivity contribution < 1.29 is 22.7 Å². The van der Waals surface area contributed by atoms with Crippen molar-refractivity contribution in [3.63, 3.8) is 0 Å². The Morgan fingerprint density at radius 2 is 2.07 bits per heavy atom. The van der Waals surface area contributed by atoms with Crippen LogP contribution in [0.3, 0.4) is 0 Å². The Hall–Kier alpha value is -2.63. The molecule has 0 aliphatic carbocycles. The number of rotatable bonds is 6. The fraction of sp³-hybridized carbons (Fsp3) is 0.125. The van der Waals surface area contributed by atoms with Gasteiger partial charge in [0.2, 0.25) is 15.8 Å². The van der Waals surface area contributed by atoms with Gasteiger partial charge in [0, 0.05) is 25.4 Å². The molecule has 3 aromatic rings. The van der Waals surface area contributed by atoms with Crippen molar-refractivity contribution >= 4 is 38.9 Å². The molecule has 28 heavy (non-hydrogen) atoms. The Labute approximate surface area is 168 Å². The Bertz CT molecular complexity index is 1140. The number of pyridine rings is 2. The molecule has 3 aromatic heterocycles. The van der Waals surface area contributed by atoms with Crippen LogP contribution in [0.2, 0.25) is 5.15 Å². The van der Waals surface area contributed by atoms with E-state index in [-0.39, 0.29) is 38.5 Å². The van der Waals surface area contributed by atoms with E-state index in [0.717, 1.165) is 11.3 Å². The van der Waals surface area contributed by atoms with E-state index in [4.69, 9.17) is 16.7 Å². The summed E-state index contributed by atoms with van der Waals surface area (Å²) in [5.74, 6) is -0.868. The lowest BCUT2D eigenvalue weighted by atomic mass is 10.2. The monoisotopic (exact) mass is 442 g/mol. The average molecular weight is 443 g/mol. The highest BCUT2D eigenvalue weighted by Gasteiger charge is 2.28. The first-order valence-electron chi connectivity index (χ1n) is 7.73. The quantitative estimate of drug-likeness (QED) is 0.562. The highest BCUT2D eigenvalue weighted by molar-refractivity contribution is 7.93. The zero-order valence-electron chi connectivity index (χ0n) is 14.0. The van der Waals surface area contributed by atoms with Crippen LogP contribution >= 0.6 is 22.9 Å². The number of nitrogens with zero attached hydrogens (tertiary/aromatic N) is 3. The number of carbonyl (C=O) groups is 1. The molecule has 1 amide bonds. The van der Waals surface area contributed by atoms with Gasteiger partial charge in [0.15, 0.2) is 4.21 Å². The summed E-state index contributed by atoms with van der Waals surface area (Å²) in [5.41, 5.74) is -0.163. The van der Waals surface area contributed by atoms with Crippen molar-refractivity contribution in [2.75, 3.05) is 6.54 Å². The van der Waals surface area contributed by atoms with Crippen LogP contribution in [0, 0.1) is 5.95 Å². The van der Waals surface area contributed by atoms with Crippen molar-refractivity contribution in [1.29, 1.82) is 0 Å². The number of nitrogens with one attached hydrogen (secondary N) is 1. The van der Waals surface area contributed by atoms with Gasteiger partial charge in [-0.15, -0.1) is 11.3 Å². The largest absolute Gasteiger partial charge is 0.465 e. The van der Waals surface area contributed by atoms with Crippen LogP contribution in [0.25, 0.3) is 11.3 Å². The van der Waals surface area contributed by atoms with E-state index in [1.807, 2.05) is 0 Å². The number of hydrogen-bond donors (Lipinski definition) is 2. The average Bonchev–Trinajstić information content (AvgIpc) is 3.06. The van der Waals surface area contributed by atoms with E-state index in [1.165, 1.54) is 36.7 Å². The van der Waals surface area contributed by atoms with Crippen LogP contribution in [0.4, 0.5) is 9.18 Å². The van der Waals surface area contributed by atoms with E-state index in [2.05, 4.69) is 20.3 Å². The Balaban J connectivity index is 2.11. The topological polar surface area (TPSA) is 122 Å². The maximum Gasteiger partial charge on any atom is 0.404 e. The molecule has 0 spiro atoms. The fourth-order valence-corrected chi connectivity index (χ4v) is 5.50. The summed E-state index contributed by atoms with van der Waals surface area (Å²) in [4.78, 5) is 22.0. The first-order chi connectivity index (χ1) is 13.3. The number of halogens is 2. The van der Waals surface area contributed by atoms with Crippen LogP contribution < -0.4 is 5.32 Å². The highest BCUT2D eigenvalue weighted by Crippen LogP contribution is 2.37. The molecular formula is C16H12ClFN4O4S2. The zero-order chi connectivity index (χ0) is 20.3. The Morgan fingerprint density at radius 1 is 1.29 bits per heavy atom. The van der Waals surface area contributed by atoms with Crippen molar-refractivity contribution in [1.82, 2.24) is 20.3 Å². The third-order valence-corrected chi connectivity index (χ3v) is 7.10. The molecule has 0 aromatic carbocycles. The third-order valence-electron chi connectivity index (χ3n) is 3.52. The summed E-state index contributed by atoms with van der Waals surface area (Å²) in [6.07, 6.45) is 1.41. The minimum Gasteiger partial charge on any atom is -0.465 e. The maximum atomic E-state index is 14.2. The van der Waals surface area contributed by atoms with Gasteiger partial charge < -0.3 is 10.4 Å². The molecule has 8 nitrogen and oxygen atoms in total. The summed E-state index contributed by atoms with van der Waals surface area (Å²) in [5, 5.41) is 11.2. The molecule has 0 fully saturated rings. The molecule has 0 atom stereocenters. The van der Waals surface area contributed by atoms with Gasteiger partial charge in [-0.05, 0) is 24.3 Å². The zero-order valence-corrected chi connectivity index (χ0v) is 16.4. The first kappa shape index (κ1) is 20.1. The van der Waals surface area contributed by atoms with Crippen LogP contribution in [0.15, 0.2) is 45.8 Å². The summed E-state index contributed by atoms with van der Waals surface area (Å²) >= 11 is 6.63. The second-order valence-corrected chi connectivity index (χ2v) is 9.00. The van der Waals surface area contributed by atoms with Gasteiger partial charge in [0.1, 0.15) is 10.8 Å². The SMILES string of the molecule is O=C(O)NCCc1nc(-c2cccnc2F)c(S(=O)(=O)c2ccnc(Cl)c2)s1. The summed E-state index contributed by atoms with van der Waals surface area (Å²) in [6.45, 7) is 0.0262. The third kappa shape index (κ3) is 4.26. The Morgan fingerprint density at radius 3 is 2.75 bits per heavy atom. The van der Waals surface area contributed by atoms with Gasteiger partial charge in [-0.25, -0.2) is 28.2 Å². The molecule has 0 bridgehead atoms. The van der Waals surface area contributed by atoms with Gasteiger partial charge in [-0.1, -0.05) is 11.6 Å². The van der Waals surface area contributed by atoms with E-state index in [1.54, 1.807) is 0 Å². The lowest BCUT2D eigenvalue weighted by Crippen LogP contribution is -2.23. The maximum absolute atomic E-state index is 14.2. The fourth-order valence-electron chi connectivity index (χ4n) is 2.31. The van der Waals surface area contributed by atoms with Crippen molar-refractivity contribution in [3.05, 3.63) is 52.8 Å². The van der Waals surface area contributed by atoms with Gasteiger partial charge in [-0.2, -0.15) is 4.39 Å². The molecule has 0 unspecified atom stereocenters. The number of amides is 1. The number of hydrogen-bond acceptors (Lipinski definition) is 7. The smallest absolute Gasteiger partial charge is 0.404 e. The Kier molecular flexibility index (Phi) is 5.87. The number of aromatic nitrogens is 3. The van der Waals surface area contributed by atoms with Crippen LogP contribution in [0.1, 0.15) is 5.01 Å². The molecule has 0 saturated carbocycles. The summed E-state index contributed by atoms with van der Waals surface area (Å²) in [6, 6.07) is 5.29. The number of carboxylic acid groups (broad SMARTS) is 1. The van der Waals surface area contributed by atoms with Crippen molar-refractivity contribution in [2.24, 2.45) is 0 Å². The van der Waals surface area contributed by atoms with Gasteiger partial charge in [-0.3, -0.25) is 0 Å². The van der Waals surface area contributed by atoms with E-state index in [9.17, 15) is 17.6 Å². The molecule has 3 heterocycles. The minimum absolute atomic E-state index is 0.00872. The summed E-state index contributed by atoms with van der Waals surface area (Å²) < 4.78 is 40.3. The van der Waals surface area contributed by atoms with Gasteiger partial charge >= 0.3 is 6.09 Å². The second kappa shape index (κ2) is 8.17. The molecule has 146 valence electrons. The van der Waals surface area contributed by atoms with E-state index in [0.29, 0.717) is 5.01 Å².